The summed E-state index contributed by atoms with van der Waals surface area (Å²) < 4.78 is 5.09. The Morgan fingerprint density at radius 1 is 1.07 bits per heavy atom. The number of hydrazine groups is 1. The second kappa shape index (κ2) is 9.13. The van der Waals surface area contributed by atoms with Crippen LogP contribution in [0.4, 0.5) is 23.0 Å². The van der Waals surface area contributed by atoms with Crippen LogP contribution in [0.2, 0.25) is 0 Å². The van der Waals surface area contributed by atoms with Crippen LogP contribution in [0.1, 0.15) is 5.56 Å². The highest BCUT2D eigenvalue weighted by Crippen LogP contribution is 2.31. The molecule has 3 rings (SSSR count). The molecule has 3 N–H and O–H groups in total. The molecule has 0 bridgehead atoms. The summed E-state index contributed by atoms with van der Waals surface area (Å²) in [6.07, 6.45) is 1.27. The molecule has 1 aromatic heterocycles. The maximum atomic E-state index is 12.1. The van der Waals surface area contributed by atoms with Crippen molar-refractivity contribution in [3.63, 3.8) is 0 Å². The molecule has 148 valence electrons. The van der Waals surface area contributed by atoms with Gasteiger partial charge in [-0.25, -0.2) is 9.97 Å². The third kappa shape index (κ3) is 5.16. The smallest absolute Gasteiger partial charge is 0.355 e. The summed E-state index contributed by atoms with van der Waals surface area (Å²) in [4.78, 5) is 30.9. The van der Waals surface area contributed by atoms with Gasteiger partial charge >= 0.3 is 5.69 Å². The number of anilines is 3. The number of nitrogens with one attached hydrogen (secondary N) is 3. The highest BCUT2D eigenvalue weighted by Gasteiger charge is 2.23. The predicted octanol–water partition coefficient (Wildman–Crippen LogP) is 2.82. The van der Waals surface area contributed by atoms with Crippen molar-refractivity contribution < 1.29 is 14.5 Å². The minimum absolute atomic E-state index is 0.0185. The first kappa shape index (κ1) is 19.5. The molecule has 0 atom stereocenters. The van der Waals surface area contributed by atoms with Crippen LogP contribution in [-0.2, 0) is 11.2 Å². The number of ether oxygens (including phenoxy) is 1. The zero-order valence-corrected chi connectivity index (χ0v) is 15.5. The van der Waals surface area contributed by atoms with Gasteiger partial charge in [0.1, 0.15) is 12.1 Å². The first-order chi connectivity index (χ1) is 14.1. The Bertz CT molecular complexity index is 995. The normalized spacial score (nSPS) is 10.1. The van der Waals surface area contributed by atoms with E-state index in [1.165, 1.54) is 0 Å². The maximum absolute atomic E-state index is 12.1. The molecular formula is C19H18N6O4. The lowest BCUT2D eigenvalue weighted by Gasteiger charge is -2.11. The number of amides is 1. The maximum Gasteiger partial charge on any atom is 0.355 e. The molecule has 29 heavy (non-hydrogen) atoms. The van der Waals surface area contributed by atoms with Gasteiger partial charge in [-0.3, -0.25) is 25.8 Å². The average Bonchev–Trinajstić information content (AvgIpc) is 2.73. The van der Waals surface area contributed by atoms with E-state index in [0.717, 1.165) is 11.9 Å². The molecule has 2 aromatic carbocycles. The Morgan fingerprint density at radius 2 is 1.76 bits per heavy atom. The predicted molar refractivity (Wildman–Crippen MR) is 107 cm³/mol. The Balaban J connectivity index is 1.73. The molecule has 1 heterocycles. The van der Waals surface area contributed by atoms with Crippen LogP contribution in [0.5, 0.6) is 5.75 Å². The van der Waals surface area contributed by atoms with Gasteiger partial charge in [0.25, 0.3) is 0 Å². The van der Waals surface area contributed by atoms with E-state index >= 15 is 0 Å². The van der Waals surface area contributed by atoms with Gasteiger partial charge in [-0.2, -0.15) is 0 Å². The molecule has 0 saturated heterocycles. The van der Waals surface area contributed by atoms with Crippen LogP contribution in [0, 0.1) is 10.1 Å². The van der Waals surface area contributed by atoms with E-state index in [0.29, 0.717) is 11.4 Å². The van der Waals surface area contributed by atoms with E-state index < -0.39 is 10.6 Å². The number of benzene rings is 2. The standard InChI is InChI=1S/C19H18N6O4/c1-29-15-9-7-14(8-10-15)22-18-17(25(27)28)19(21-12-20-18)24-23-16(26)11-13-5-3-2-4-6-13/h2-10,12H,11H2,1H3,(H,23,26)(H2,20,21,22,24). The first-order valence-electron chi connectivity index (χ1n) is 8.56. The number of nitro groups is 1. The number of methoxy groups -OCH3 is 1. The van der Waals surface area contributed by atoms with Gasteiger partial charge in [0, 0.05) is 5.69 Å². The van der Waals surface area contributed by atoms with Gasteiger partial charge in [0.05, 0.1) is 18.5 Å². The van der Waals surface area contributed by atoms with E-state index in [1.807, 2.05) is 30.3 Å². The van der Waals surface area contributed by atoms with Crippen LogP contribution in [0.25, 0.3) is 0 Å². The lowest BCUT2D eigenvalue weighted by atomic mass is 10.1. The van der Waals surface area contributed by atoms with Crippen LogP contribution >= 0.6 is 0 Å². The number of rotatable bonds is 8. The van der Waals surface area contributed by atoms with E-state index in [9.17, 15) is 14.9 Å². The molecule has 10 heteroatoms. The minimum Gasteiger partial charge on any atom is -0.497 e. The lowest BCUT2D eigenvalue weighted by Crippen LogP contribution is -2.31. The summed E-state index contributed by atoms with van der Waals surface area (Å²) in [7, 11) is 1.54. The van der Waals surface area contributed by atoms with Crippen molar-refractivity contribution in [2.45, 2.75) is 6.42 Å². The van der Waals surface area contributed by atoms with Crippen molar-refractivity contribution in [2.75, 3.05) is 17.9 Å². The number of nitrogens with zero attached hydrogens (tertiary/aromatic N) is 3. The summed E-state index contributed by atoms with van der Waals surface area (Å²) >= 11 is 0. The lowest BCUT2D eigenvalue weighted by molar-refractivity contribution is -0.383. The van der Waals surface area contributed by atoms with E-state index in [-0.39, 0.29) is 24.0 Å². The second-order valence-corrected chi connectivity index (χ2v) is 5.87. The zero-order valence-electron chi connectivity index (χ0n) is 15.5. The van der Waals surface area contributed by atoms with Gasteiger partial charge < -0.3 is 10.1 Å². The molecule has 0 unspecified atom stereocenters. The van der Waals surface area contributed by atoms with Crippen molar-refractivity contribution in [1.82, 2.24) is 15.4 Å². The van der Waals surface area contributed by atoms with Crippen molar-refractivity contribution in [3.05, 3.63) is 76.6 Å². The highest BCUT2D eigenvalue weighted by atomic mass is 16.6. The Morgan fingerprint density at radius 3 is 2.41 bits per heavy atom. The van der Waals surface area contributed by atoms with Crippen LogP contribution in [0.15, 0.2) is 60.9 Å². The van der Waals surface area contributed by atoms with Crippen LogP contribution in [-0.4, -0.2) is 27.9 Å². The largest absolute Gasteiger partial charge is 0.497 e. The molecule has 3 aromatic rings. The molecule has 1 amide bonds. The molecule has 0 spiro atoms. The van der Waals surface area contributed by atoms with Gasteiger partial charge in [-0.1, -0.05) is 30.3 Å². The third-order valence-corrected chi connectivity index (χ3v) is 3.89. The quantitative estimate of drug-likeness (QED) is 0.393. The van der Waals surface area contributed by atoms with Crippen molar-refractivity contribution in [3.8, 4) is 5.75 Å². The van der Waals surface area contributed by atoms with Gasteiger partial charge in [-0.05, 0) is 29.8 Å². The number of carbonyl (C=O) groups is 1. The Hall–Kier alpha value is -4.21. The molecule has 0 saturated carbocycles. The summed E-state index contributed by atoms with van der Waals surface area (Å²) in [6.45, 7) is 0. The topological polar surface area (TPSA) is 131 Å². The zero-order chi connectivity index (χ0) is 20.6. The van der Waals surface area contributed by atoms with E-state index in [4.69, 9.17) is 4.74 Å². The molecule has 0 radical (unpaired) electrons. The van der Waals surface area contributed by atoms with Gasteiger partial charge in [0.15, 0.2) is 0 Å². The minimum atomic E-state index is -0.627. The molecule has 0 fully saturated rings. The Kier molecular flexibility index (Phi) is 6.15. The molecule has 0 aliphatic rings. The fraction of sp³-hybridized carbons (Fsp3) is 0.105. The van der Waals surface area contributed by atoms with Gasteiger partial charge in [0.2, 0.25) is 17.5 Å². The van der Waals surface area contributed by atoms with Crippen LogP contribution in [0.3, 0.4) is 0 Å². The Labute approximate surface area is 166 Å². The second-order valence-electron chi connectivity index (χ2n) is 5.87. The van der Waals surface area contributed by atoms with Crippen LogP contribution < -0.4 is 20.9 Å². The van der Waals surface area contributed by atoms with E-state index in [2.05, 4.69) is 26.1 Å². The number of hydrogen-bond donors (Lipinski definition) is 3. The summed E-state index contributed by atoms with van der Waals surface area (Å²) in [6, 6.07) is 15.9. The average molecular weight is 394 g/mol. The van der Waals surface area contributed by atoms with Crippen molar-refractivity contribution in [1.29, 1.82) is 0 Å². The van der Waals surface area contributed by atoms with E-state index in [1.54, 1.807) is 31.4 Å². The van der Waals surface area contributed by atoms with Crippen molar-refractivity contribution >= 4 is 28.9 Å². The molecule has 0 aliphatic heterocycles. The molecule has 0 aliphatic carbocycles. The first-order valence-corrected chi connectivity index (χ1v) is 8.56. The fourth-order valence-electron chi connectivity index (χ4n) is 2.50. The summed E-state index contributed by atoms with van der Waals surface area (Å²) in [5, 5.41) is 14.5. The highest BCUT2D eigenvalue weighted by molar-refractivity contribution is 5.81. The fourth-order valence-corrected chi connectivity index (χ4v) is 2.50. The molecule has 10 nitrogen and oxygen atoms in total. The number of carbonyl (C=O) groups excluding carboxylic acids is 1. The SMILES string of the molecule is COc1ccc(Nc2ncnc(NNC(=O)Cc3ccccc3)c2[N+](=O)[O-])cc1. The van der Waals surface area contributed by atoms with Gasteiger partial charge in [-0.15, -0.1) is 0 Å². The molecular weight excluding hydrogens is 376 g/mol. The summed E-state index contributed by atoms with van der Waals surface area (Å²) in [5.74, 6) is 0.127. The third-order valence-electron chi connectivity index (χ3n) is 3.89. The summed E-state index contributed by atoms with van der Waals surface area (Å²) in [5.41, 5.74) is 5.91. The number of aromatic nitrogens is 2. The number of hydrogen-bond acceptors (Lipinski definition) is 8. The van der Waals surface area contributed by atoms with Crippen molar-refractivity contribution in [2.24, 2.45) is 0 Å². The monoisotopic (exact) mass is 394 g/mol.